The Kier molecular flexibility index (Phi) is 4.12. The van der Waals surface area contributed by atoms with Gasteiger partial charge in [0.2, 0.25) is 0 Å². The van der Waals surface area contributed by atoms with Crippen LogP contribution in [0.15, 0.2) is 0 Å². The molecule has 0 saturated carbocycles. The van der Waals surface area contributed by atoms with Gasteiger partial charge in [-0.3, -0.25) is 4.79 Å². The number of thiazole rings is 1. The largest absolute Gasteiger partial charge is 0.469 e. The molecule has 0 aromatic carbocycles. The monoisotopic (exact) mass is 255 g/mol. The molecule has 17 heavy (non-hydrogen) atoms. The summed E-state index contributed by atoms with van der Waals surface area (Å²) in [5.74, 6) is 0.300. The van der Waals surface area contributed by atoms with Crippen molar-refractivity contribution in [1.29, 1.82) is 0 Å². The van der Waals surface area contributed by atoms with E-state index in [0.29, 0.717) is 12.3 Å². The van der Waals surface area contributed by atoms with Gasteiger partial charge in [-0.25, -0.2) is 4.98 Å². The standard InChI is InChI=1S/C12H17NO3S/c1-8-10(7-11(14)15-2)17-12(13-8)9-3-5-16-6-4-9/h9H,3-7H2,1-2H3. The second-order valence-electron chi connectivity index (χ2n) is 4.20. The van der Waals surface area contributed by atoms with E-state index >= 15 is 0 Å². The molecule has 1 aliphatic rings. The van der Waals surface area contributed by atoms with Gasteiger partial charge in [0, 0.05) is 24.0 Å². The highest BCUT2D eigenvalue weighted by molar-refractivity contribution is 7.11. The SMILES string of the molecule is COC(=O)Cc1sc(C2CCOCC2)nc1C. The third-order valence-corrected chi connectivity index (χ3v) is 4.33. The Labute approximate surface area is 105 Å². The number of aryl methyl sites for hydroxylation is 1. The lowest BCUT2D eigenvalue weighted by Crippen LogP contribution is -2.13. The summed E-state index contributed by atoms with van der Waals surface area (Å²) in [6.45, 7) is 3.59. The van der Waals surface area contributed by atoms with Crippen molar-refractivity contribution in [2.45, 2.75) is 32.1 Å². The van der Waals surface area contributed by atoms with Crippen molar-refractivity contribution in [3.8, 4) is 0 Å². The molecule has 0 bridgehead atoms. The van der Waals surface area contributed by atoms with Gasteiger partial charge in [0.05, 0.1) is 24.2 Å². The lowest BCUT2D eigenvalue weighted by molar-refractivity contribution is -0.139. The Morgan fingerprint density at radius 2 is 2.24 bits per heavy atom. The number of esters is 1. The molecule has 0 spiro atoms. The minimum absolute atomic E-state index is 0.199. The van der Waals surface area contributed by atoms with E-state index in [2.05, 4.69) is 9.72 Å². The molecule has 5 heteroatoms. The van der Waals surface area contributed by atoms with Gasteiger partial charge in [-0.2, -0.15) is 0 Å². The molecule has 0 N–H and O–H groups in total. The number of rotatable bonds is 3. The number of hydrogen-bond donors (Lipinski definition) is 0. The number of aromatic nitrogens is 1. The fourth-order valence-corrected chi connectivity index (χ4v) is 3.16. The van der Waals surface area contributed by atoms with Crippen LogP contribution >= 0.6 is 11.3 Å². The van der Waals surface area contributed by atoms with Crippen LogP contribution in [-0.2, 0) is 20.7 Å². The second kappa shape index (κ2) is 5.60. The van der Waals surface area contributed by atoms with E-state index in [1.54, 1.807) is 11.3 Å². The Balaban J connectivity index is 2.09. The van der Waals surface area contributed by atoms with Crippen molar-refractivity contribution in [1.82, 2.24) is 4.98 Å². The van der Waals surface area contributed by atoms with Crippen LogP contribution in [0.25, 0.3) is 0 Å². The summed E-state index contributed by atoms with van der Waals surface area (Å²) in [5.41, 5.74) is 0.960. The smallest absolute Gasteiger partial charge is 0.310 e. The summed E-state index contributed by atoms with van der Waals surface area (Å²) >= 11 is 1.64. The summed E-state index contributed by atoms with van der Waals surface area (Å²) in [7, 11) is 1.41. The van der Waals surface area contributed by atoms with E-state index in [0.717, 1.165) is 41.6 Å². The van der Waals surface area contributed by atoms with Crippen molar-refractivity contribution in [2.75, 3.05) is 20.3 Å². The lowest BCUT2D eigenvalue weighted by atomic mass is 10.0. The molecule has 0 unspecified atom stereocenters. The van der Waals surface area contributed by atoms with Crippen molar-refractivity contribution in [3.63, 3.8) is 0 Å². The molecule has 1 aliphatic heterocycles. The van der Waals surface area contributed by atoms with Crippen LogP contribution in [0.3, 0.4) is 0 Å². The van der Waals surface area contributed by atoms with Crippen molar-refractivity contribution in [2.24, 2.45) is 0 Å². The average molecular weight is 255 g/mol. The van der Waals surface area contributed by atoms with E-state index in [-0.39, 0.29) is 5.97 Å². The Morgan fingerprint density at radius 3 is 2.88 bits per heavy atom. The maximum absolute atomic E-state index is 11.3. The van der Waals surface area contributed by atoms with Crippen LogP contribution in [0.2, 0.25) is 0 Å². The molecule has 1 aromatic rings. The highest BCUT2D eigenvalue weighted by atomic mass is 32.1. The summed E-state index contributed by atoms with van der Waals surface area (Å²) in [6.07, 6.45) is 2.40. The van der Waals surface area contributed by atoms with Gasteiger partial charge < -0.3 is 9.47 Å². The fraction of sp³-hybridized carbons (Fsp3) is 0.667. The number of carbonyl (C=O) groups is 1. The summed E-state index contributed by atoms with van der Waals surface area (Å²) in [6, 6.07) is 0. The first kappa shape index (κ1) is 12.5. The molecule has 4 nitrogen and oxygen atoms in total. The van der Waals surface area contributed by atoms with E-state index in [4.69, 9.17) is 4.74 Å². The van der Waals surface area contributed by atoms with Crippen molar-refractivity contribution >= 4 is 17.3 Å². The fourth-order valence-electron chi connectivity index (χ4n) is 1.94. The normalized spacial score (nSPS) is 17.1. The van der Waals surface area contributed by atoms with Crippen LogP contribution in [0.5, 0.6) is 0 Å². The highest BCUT2D eigenvalue weighted by Crippen LogP contribution is 2.32. The molecule has 0 amide bonds. The van der Waals surface area contributed by atoms with Crippen LogP contribution < -0.4 is 0 Å². The Hall–Kier alpha value is -0.940. The van der Waals surface area contributed by atoms with Crippen molar-refractivity contribution < 1.29 is 14.3 Å². The number of hydrogen-bond acceptors (Lipinski definition) is 5. The molecule has 2 rings (SSSR count). The molecule has 1 aromatic heterocycles. The first-order chi connectivity index (χ1) is 8.20. The van der Waals surface area contributed by atoms with Crippen molar-refractivity contribution in [3.05, 3.63) is 15.6 Å². The number of carbonyl (C=O) groups excluding carboxylic acids is 1. The highest BCUT2D eigenvalue weighted by Gasteiger charge is 2.21. The first-order valence-corrected chi connectivity index (χ1v) is 6.63. The third-order valence-electron chi connectivity index (χ3n) is 3.01. The minimum atomic E-state index is -0.199. The zero-order valence-corrected chi connectivity index (χ0v) is 11.0. The molecule has 1 fully saturated rings. The van der Waals surface area contributed by atoms with Gasteiger partial charge in [-0.15, -0.1) is 11.3 Å². The van der Waals surface area contributed by atoms with Gasteiger partial charge in [0.15, 0.2) is 0 Å². The minimum Gasteiger partial charge on any atom is -0.469 e. The maximum atomic E-state index is 11.3. The van der Waals surface area contributed by atoms with Crippen LogP contribution in [0.1, 0.15) is 34.3 Å². The zero-order chi connectivity index (χ0) is 12.3. The van der Waals surface area contributed by atoms with E-state index in [1.807, 2.05) is 6.92 Å². The first-order valence-electron chi connectivity index (χ1n) is 5.81. The molecule has 0 atom stereocenters. The van der Waals surface area contributed by atoms with Crippen LogP contribution in [0, 0.1) is 6.92 Å². The molecule has 0 radical (unpaired) electrons. The molecular formula is C12H17NO3S. The van der Waals surface area contributed by atoms with Gasteiger partial charge in [0.1, 0.15) is 0 Å². The van der Waals surface area contributed by atoms with E-state index < -0.39 is 0 Å². The average Bonchev–Trinajstić information content (AvgIpc) is 2.72. The lowest BCUT2D eigenvalue weighted by Gasteiger charge is -2.19. The van der Waals surface area contributed by atoms with Gasteiger partial charge in [-0.1, -0.05) is 0 Å². The molecule has 0 aliphatic carbocycles. The number of ether oxygens (including phenoxy) is 2. The van der Waals surface area contributed by atoms with Gasteiger partial charge >= 0.3 is 5.97 Å². The quantitative estimate of drug-likeness (QED) is 0.776. The Morgan fingerprint density at radius 1 is 1.53 bits per heavy atom. The molecule has 94 valence electrons. The van der Waals surface area contributed by atoms with Crippen LogP contribution in [0.4, 0.5) is 0 Å². The van der Waals surface area contributed by atoms with E-state index in [1.165, 1.54) is 7.11 Å². The number of nitrogens with zero attached hydrogens (tertiary/aromatic N) is 1. The van der Waals surface area contributed by atoms with E-state index in [9.17, 15) is 4.79 Å². The Bertz CT molecular complexity index is 396. The molecular weight excluding hydrogens is 238 g/mol. The summed E-state index contributed by atoms with van der Waals surface area (Å²) in [4.78, 5) is 16.9. The predicted octanol–water partition coefficient (Wildman–Crippen LogP) is 2.06. The molecule has 2 heterocycles. The predicted molar refractivity (Wildman–Crippen MR) is 65.4 cm³/mol. The summed E-state index contributed by atoms with van der Waals surface area (Å²) in [5, 5.41) is 1.14. The van der Waals surface area contributed by atoms with Crippen LogP contribution in [-0.4, -0.2) is 31.3 Å². The number of methoxy groups -OCH3 is 1. The van der Waals surface area contributed by atoms with Gasteiger partial charge in [0.25, 0.3) is 0 Å². The zero-order valence-electron chi connectivity index (χ0n) is 10.2. The maximum Gasteiger partial charge on any atom is 0.310 e. The summed E-state index contributed by atoms with van der Waals surface area (Å²) < 4.78 is 10.0. The topological polar surface area (TPSA) is 48.4 Å². The molecule has 1 saturated heterocycles. The third kappa shape index (κ3) is 3.04. The second-order valence-corrected chi connectivity index (χ2v) is 5.32. The van der Waals surface area contributed by atoms with Gasteiger partial charge in [-0.05, 0) is 19.8 Å².